The second kappa shape index (κ2) is 13.6. The van der Waals surface area contributed by atoms with Crippen LogP contribution in [0.3, 0.4) is 0 Å². The van der Waals surface area contributed by atoms with E-state index < -0.39 is 0 Å². The van der Waals surface area contributed by atoms with Gasteiger partial charge in [0.15, 0.2) is 0 Å². The Labute approximate surface area is 358 Å². The molecule has 0 aliphatic heterocycles. The van der Waals surface area contributed by atoms with Crippen molar-refractivity contribution in [2.75, 3.05) is 0 Å². The Kier molecular flexibility index (Phi) is 7.60. The van der Waals surface area contributed by atoms with E-state index in [-0.39, 0.29) is 0 Å². The number of rotatable bonds is 5. The van der Waals surface area contributed by atoms with Gasteiger partial charge in [0.05, 0.1) is 33.5 Å². The SMILES string of the molecule is c1ccc(-n2c3ccccc3c3cc4c(cc32)c2ccccc2n4-c2ccc3ccc(-c4cc(-c5ccc6ccccc6c5)nc(-c5ccc6ccccc6c5)c4)cc3c2)cc1. The molecule has 0 bridgehead atoms. The maximum absolute atomic E-state index is 5.34. The highest BCUT2D eigenvalue weighted by Gasteiger charge is 2.19. The van der Waals surface area contributed by atoms with E-state index in [1.807, 2.05) is 0 Å². The second-order valence-electron chi connectivity index (χ2n) is 16.4. The first-order valence-corrected chi connectivity index (χ1v) is 21.3. The highest BCUT2D eigenvalue weighted by atomic mass is 15.0. The molecule has 0 spiro atoms. The van der Waals surface area contributed by atoms with Crippen LogP contribution in [0.4, 0.5) is 0 Å². The third-order valence-electron chi connectivity index (χ3n) is 12.8. The van der Waals surface area contributed by atoms with Crippen LogP contribution in [0.15, 0.2) is 224 Å². The van der Waals surface area contributed by atoms with Gasteiger partial charge in [-0.15, -0.1) is 0 Å². The molecule has 3 aromatic heterocycles. The van der Waals surface area contributed by atoms with Crippen molar-refractivity contribution in [3.05, 3.63) is 224 Å². The molecule has 0 aliphatic rings. The van der Waals surface area contributed by atoms with Crippen LogP contribution in [0.1, 0.15) is 0 Å². The molecule has 62 heavy (non-hydrogen) atoms. The van der Waals surface area contributed by atoms with E-state index in [0.29, 0.717) is 0 Å². The van der Waals surface area contributed by atoms with E-state index in [1.165, 1.54) is 75.9 Å². The average Bonchev–Trinajstić information content (AvgIpc) is 3.84. The molecule has 0 saturated heterocycles. The molecule has 288 valence electrons. The van der Waals surface area contributed by atoms with Gasteiger partial charge in [0.1, 0.15) is 0 Å². The van der Waals surface area contributed by atoms with Gasteiger partial charge in [-0.2, -0.15) is 0 Å². The van der Waals surface area contributed by atoms with Gasteiger partial charge >= 0.3 is 0 Å². The number of hydrogen-bond acceptors (Lipinski definition) is 1. The summed E-state index contributed by atoms with van der Waals surface area (Å²) < 4.78 is 4.86. The number of hydrogen-bond donors (Lipinski definition) is 0. The Balaban J connectivity index is 0.996. The van der Waals surface area contributed by atoms with E-state index in [4.69, 9.17) is 4.98 Å². The van der Waals surface area contributed by atoms with Crippen LogP contribution in [0.2, 0.25) is 0 Å². The molecule has 10 aromatic carbocycles. The van der Waals surface area contributed by atoms with Gasteiger partial charge in [-0.25, -0.2) is 4.98 Å². The summed E-state index contributed by atoms with van der Waals surface area (Å²) in [5, 5.41) is 12.2. The fourth-order valence-electron chi connectivity index (χ4n) is 9.81. The molecule has 3 nitrogen and oxygen atoms in total. The zero-order chi connectivity index (χ0) is 40.7. The normalized spacial score (nSPS) is 11.9. The Hall–Kier alpha value is -8.27. The predicted molar refractivity (Wildman–Crippen MR) is 262 cm³/mol. The summed E-state index contributed by atoms with van der Waals surface area (Å²) in [5.41, 5.74) is 13.5. The Bertz CT molecular complexity index is 3830. The summed E-state index contributed by atoms with van der Waals surface area (Å²) in [6.07, 6.45) is 0. The lowest BCUT2D eigenvalue weighted by molar-refractivity contribution is 1.18. The van der Waals surface area contributed by atoms with Crippen molar-refractivity contribution >= 4 is 75.9 Å². The van der Waals surface area contributed by atoms with E-state index in [1.54, 1.807) is 0 Å². The van der Waals surface area contributed by atoms with Gasteiger partial charge in [0, 0.05) is 44.0 Å². The van der Waals surface area contributed by atoms with Gasteiger partial charge in [0.25, 0.3) is 0 Å². The van der Waals surface area contributed by atoms with Crippen molar-refractivity contribution in [2.45, 2.75) is 0 Å². The highest BCUT2D eigenvalue weighted by Crippen LogP contribution is 2.41. The topological polar surface area (TPSA) is 22.8 Å². The second-order valence-corrected chi connectivity index (χ2v) is 16.4. The van der Waals surface area contributed by atoms with Crippen molar-refractivity contribution in [3.8, 4) is 45.0 Å². The third-order valence-corrected chi connectivity index (χ3v) is 12.8. The molecule has 0 N–H and O–H groups in total. The fourth-order valence-corrected chi connectivity index (χ4v) is 9.81. The molecule has 0 atom stereocenters. The minimum absolute atomic E-state index is 0.954. The van der Waals surface area contributed by atoms with Crippen LogP contribution in [0.5, 0.6) is 0 Å². The van der Waals surface area contributed by atoms with Gasteiger partial charge < -0.3 is 9.13 Å². The average molecular weight is 788 g/mol. The summed E-state index contributed by atoms with van der Waals surface area (Å²) in [7, 11) is 0. The number of pyridine rings is 1. The zero-order valence-corrected chi connectivity index (χ0v) is 33.7. The number of benzene rings is 10. The molecule has 3 heteroatoms. The van der Waals surface area contributed by atoms with Crippen LogP contribution in [0, 0.1) is 0 Å². The molecule has 0 aliphatic carbocycles. The molecule has 0 amide bonds. The third kappa shape index (κ3) is 5.49. The Morgan fingerprint density at radius 3 is 1.29 bits per heavy atom. The molecule has 0 fully saturated rings. The van der Waals surface area contributed by atoms with Crippen molar-refractivity contribution in [2.24, 2.45) is 0 Å². The van der Waals surface area contributed by atoms with Gasteiger partial charge in [0.2, 0.25) is 0 Å². The minimum Gasteiger partial charge on any atom is -0.309 e. The quantitative estimate of drug-likeness (QED) is 0.170. The molecular formula is C59H37N3. The standard InChI is InChI=1S/C59H37N3/c1-2-16-48(17-3-1)61-56-20-10-8-18-50(56)52-37-59-53(36-58(52)61)51-19-9-11-21-57(51)62(59)49-29-28-40-22-25-43(32-46(40)33-49)47-34-54(44-26-23-38-12-4-6-14-41(38)30-44)60-55(35-47)45-27-24-39-13-5-7-15-42(39)31-45/h1-37H. The predicted octanol–water partition coefficient (Wildman–Crippen LogP) is 15.7. The molecule has 0 unspecified atom stereocenters. The largest absolute Gasteiger partial charge is 0.309 e. The Morgan fingerprint density at radius 2 is 0.694 bits per heavy atom. The van der Waals surface area contributed by atoms with Gasteiger partial charge in [-0.3, -0.25) is 0 Å². The molecule has 13 aromatic rings. The van der Waals surface area contributed by atoms with Gasteiger partial charge in [-0.1, -0.05) is 146 Å². The maximum Gasteiger partial charge on any atom is 0.0715 e. The van der Waals surface area contributed by atoms with Crippen molar-refractivity contribution in [1.29, 1.82) is 0 Å². The number of aromatic nitrogens is 3. The van der Waals surface area contributed by atoms with E-state index in [0.717, 1.165) is 45.0 Å². The number of nitrogens with zero attached hydrogens (tertiary/aromatic N) is 3. The lowest BCUT2D eigenvalue weighted by atomic mass is 9.96. The van der Waals surface area contributed by atoms with Crippen molar-refractivity contribution in [1.82, 2.24) is 14.1 Å². The van der Waals surface area contributed by atoms with Gasteiger partial charge in [-0.05, 0) is 122 Å². The van der Waals surface area contributed by atoms with Crippen LogP contribution in [-0.2, 0) is 0 Å². The monoisotopic (exact) mass is 787 g/mol. The number of fused-ring (bicyclic) bond motifs is 9. The number of para-hydroxylation sites is 3. The summed E-state index contributed by atoms with van der Waals surface area (Å²) in [6.45, 7) is 0. The minimum atomic E-state index is 0.954. The summed E-state index contributed by atoms with van der Waals surface area (Å²) >= 11 is 0. The summed E-state index contributed by atoms with van der Waals surface area (Å²) in [5.74, 6) is 0. The molecular weight excluding hydrogens is 751 g/mol. The van der Waals surface area contributed by atoms with Crippen LogP contribution >= 0.6 is 0 Å². The first kappa shape index (κ1) is 34.6. The summed E-state index contributed by atoms with van der Waals surface area (Å²) in [4.78, 5) is 5.34. The maximum atomic E-state index is 5.34. The lowest BCUT2D eigenvalue weighted by Crippen LogP contribution is -1.95. The van der Waals surface area contributed by atoms with Crippen LogP contribution in [-0.4, -0.2) is 14.1 Å². The highest BCUT2D eigenvalue weighted by molar-refractivity contribution is 6.19. The summed E-state index contributed by atoms with van der Waals surface area (Å²) in [6, 6.07) is 81.8. The first-order chi connectivity index (χ1) is 30.7. The molecule has 0 radical (unpaired) electrons. The van der Waals surface area contributed by atoms with E-state index in [2.05, 4.69) is 234 Å². The smallest absolute Gasteiger partial charge is 0.0715 e. The molecule has 0 saturated carbocycles. The van der Waals surface area contributed by atoms with Crippen LogP contribution < -0.4 is 0 Å². The first-order valence-electron chi connectivity index (χ1n) is 21.3. The lowest BCUT2D eigenvalue weighted by Gasteiger charge is -2.13. The van der Waals surface area contributed by atoms with E-state index in [9.17, 15) is 0 Å². The van der Waals surface area contributed by atoms with E-state index >= 15 is 0 Å². The van der Waals surface area contributed by atoms with Crippen molar-refractivity contribution < 1.29 is 0 Å². The van der Waals surface area contributed by atoms with Crippen LogP contribution in [0.25, 0.3) is 121 Å². The van der Waals surface area contributed by atoms with Crippen molar-refractivity contribution in [3.63, 3.8) is 0 Å². The molecule has 13 rings (SSSR count). The molecule has 3 heterocycles. The zero-order valence-electron chi connectivity index (χ0n) is 33.7. The fraction of sp³-hybridized carbons (Fsp3) is 0. The Morgan fingerprint density at radius 1 is 0.242 bits per heavy atom.